The minimum absolute atomic E-state index is 0.349. The van der Waals surface area contributed by atoms with Crippen molar-refractivity contribution in [2.75, 3.05) is 26.3 Å². The lowest BCUT2D eigenvalue weighted by atomic mass is 9.77. The van der Waals surface area contributed by atoms with Crippen molar-refractivity contribution in [1.82, 2.24) is 10.2 Å². The van der Waals surface area contributed by atoms with Crippen LogP contribution in [-0.2, 0) is 19.1 Å². The van der Waals surface area contributed by atoms with E-state index in [1.165, 1.54) is 0 Å². The summed E-state index contributed by atoms with van der Waals surface area (Å²) in [6, 6.07) is 0. The number of carbonyl (C=O) groups is 3. The smallest absolute Gasteiger partial charge is 0.322 e. The fourth-order valence-corrected chi connectivity index (χ4v) is 3.48. The highest BCUT2D eigenvalue weighted by atomic mass is 16.5. The maximum absolute atomic E-state index is 13.0. The van der Waals surface area contributed by atoms with Crippen LogP contribution in [0.1, 0.15) is 19.3 Å². The number of amides is 1. The van der Waals surface area contributed by atoms with Crippen LogP contribution in [0.25, 0.3) is 0 Å². The number of nitrogens with one attached hydrogen (secondary N) is 1. The molecule has 0 bridgehead atoms. The molecular formula is C15H18N2O6. The average molecular weight is 322 g/mol. The zero-order valence-electron chi connectivity index (χ0n) is 12.5. The summed E-state index contributed by atoms with van der Waals surface area (Å²) in [5, 5.41) is 21.2. The Morgan fingerprint density at radius 3 is 2.70 bits per heavy atom. The van der Waals surface area contributed by atoms with Gasteiger partial charge in [-0.2, -0.15) is 0 Å². The highest BCUT2D eigenvalue weighted by Crippen LogP contribution is 2.43. The summed E-state index contributed by atoms with van der Waals surface area (Å²) in [4.78, 5) is 37.7. The Kier molecular flexibility index (Phi) is 3.85. The first-order valence-electron chi connectivity index (χ1n) is 7.51. The fourth-order valence-electron chi connectivity index (χ4n) is 3.48. The van der Waals surface area contributed by atoms with Crippen molar-refractivity contribution in [3.63, 3.8) is 0 Å². The van der Waals surface area contributed by atoms with E-state index < -0.39 is 29.7 Å². The van der Waals surface area contributed by atoms with Crippen LogP contribution in [0.15, 0.2) is 23.1 Å². The first-order valence-corrected chi connectivity index (χ1v) is 7.51. The van der Waals surface area contributed by atoms with Crippen LogP contribution in [0.2, 0.25) is 0 Å². The highest BCUT2D eigenvalue weighted by molar-refractivity contribution is 6.24. The minimum atomic E-state index is -1.22. The molecule has 23 heavy (non-hydrogen) atoms. The molecule has 0 aromatic carbocycles. The minimum Gasteiger partial charge on any atom is -0.505 e. The molecule has 0 unspecified atom stereocenters. The molecule has 0 aromatic heterocycles. The molecule has 3 N–H and O–H groups in total. The van der Waals surface area contributed by atoms with Crippen LogP contribution >= 0.6 is 0 Å². The number of ether oxygens (including phenoxy) is 1. The Morgan fingerprint density at radius 2 is 2.04 bits per heavy atom. The van der Waals surface area contributed by atoms with Crippen molar-refractivity contribution < 1.29 is 29.3 Å². The molecule has 8 heteroatoms. The van der Waals surface area contributed by atoms with Gasteiger partial charge in [0.1, 0.15) is 17.7 Å². The summed E-state index contributed by atoms with van der Waals surface area (Å²) in [5.74, 6) is -2.90. The second-order valence-corrected chi connectivity index (χ2v) is 5.80. The predicted octanol–water partition coefficient (Wildman–Crippen LogP) is -0.279. The van der Waals surface area contributed by atoms with Crippen LogP contribution in [0.5, 0.6) is 0 Å². The number of aliphatic carboxylic acids is 1. The van der Waals surface area contributed by atoms with Gasteiger partial charge in [-0.1, -0.05) is 6.08 Å². The lowest BCUT2D eigenvalue weighted by molar-refractivity contribution is -0.139. The number of nitrogens with zero attached hydrogens (tertiary/aromatic N) is 1. The predicted molar refractivity (Wildman–Crippen MR) is 77.5 cm³/mol. The molecule has 1 saturated heterocycles. The standard InChI is InChI=1S/C15H18N2O6/c18-10(19)8-16-14(22)11-12(20)9-2-1-5-17(9)15(13(11)21)3-6-23-7-4-15/h2,20H,1,3-8H2,(H,16,22)(H,18,19). The zero-order chi connectivity index (χ0) is 16.6. The van der Waals surface area contributed by atoms with E-state index in [-0.39, 0.29) is 11.3 Å². The number of rotatable bonds is 3. The number of aliphatic hydroxyl groups excluding tert-OH is 1. The molecule has 3 heterocycles. The van der Waals surface area contributed by atoms with Gasteiger partial charge in [0.15, 0.2) is 11.5 Å². The van der Waals surface area contributed by atoms with Gasteiger partial charge in [0, 0.05) is 32.6 Å². The maximum atomic E-state index is 13.0. The molecule has 3 aliphatic heterocycles. The van der Waals surface area contributed by atoms with Gasteiger partial charge in [0.05, 0.1) is 5.70 Å². The topological polar surface area (TPSA) is 116 Å². The fraction of sp³-hybridized carbons (Fsp3) is 0.533. The van der Waals surface area contributed by atoms with E-state index in [9.17, 15) is 19.5 Å². The molecule has 0 aromatic rings. The van der Waals surface area contributed by atoms with Gasteiger partial charge in [0.2, 0.25) is 0 Å². The number of hydrogen-bond donors (Lipinski definition) is 3. The normalized spacial score (nSPS) is 22.9. The van der Waals surface area contributed by atoms with Crippen LogP contribution in [0.3, 0.4) is 0 Å². The summed E-state index contributed by atoms with van der Waals surface area (Å²) in [5.41, 5.74) is -0.757. The van der Waals surface area contributed by atoms with E-state index in [1.807, 2.05) is 4.90 Å². The van der Waals surface area contributed by atoms with E-state index >= 15 is 0 Å². The summed E-state index contributed by atoms with van der Waals surface area (Å²) in [6.45, 7) is 0.803. The Hall–Kier alpha value is -2.35. The van der Waals surface area contributed by atoms with Gasteiger partial charge in [-0.15, -0.1) is 0 Å². The number of Topliss-reactive ketones (excluding diaryl/α,β-unsaturated/α-hetero) is 1. The van der Waals surface area contributed by atoms with Crippen LogP contribution in [0.4, 0.5) is 0 Å². The summed E-state index contributed by atoms with van der Waals surface area (Å²) >= 11 is 0. The largest absolute Gasteiger partial charge is 0.505 e. The van der Waals surface area contributed by atoms with Crippen molar-refractivity contribution in [2.45, 2.75) is 24.8 Å². The van der Waals surface area contributed by atoms with Crippen molar-refractivity contribution in [1.29, 1.82) is 0 Å². The molecule has 0 atom stereocenters. The lowest BCUT2D eigenvalue weighted by Crippen LogP contribution is -2.60. The number of fused-ring (bicyclic) bond motifs is 2. The maximum Gasteiger partial charge on any atom is 0.322 e. The third-order valence-corrected chi connectivity index (χ3v) is 4.57. The van der Waals surface area contributed by atoms with Crippen LogP contribution in [0, 0.1) is 0 Å². The average Bonchev–Trinajstić information content (AvgIpc) is 3.03. The number of carbonyl (C=O) groups excluding carboxylic acids is 2. The van der Waals surface area contributed by atoms with Crippen molar-refractivity contribution in [2.24, 2.45) is 0 Å². The Bertz CT molecular complexity index is 630. The molecule has 1 fully saturated rings. The number of ketones is 1. The van der Waals surface area contributed by atoms with Crippen molar-refractivity contribution >= 4 is 17.7 Å². The third-order valence-electron chi connectivity index (χ3n) is 4.57. The second-order valence-electron chi connectivity index (χ2n) is 5.80. The lowest BCUT2D eigenvalue weighted by Gasteiger charge is -2.48. The molecule has 8 nitrogen and oxygen atoms in total. The number of hydrogen-bond acceptors (Lipinski definition) is 6. The SMILES string of the molecule is O=C(O)CNC(=O)C1=C(O)C2=CCCN2C2(CCOCC2)C1=O. The molecule has 1 spiro atoms. The Morgan fingerprint density at radius 1 is 1.35 bits per heavy atom. The van der Waals surface area contributed by atoms with Gasteiger partial charge >= 0.3 is 5.97 Å². The molecular weight excluding hydrogens is 304 g/mol. The van der Waals surface area contributed by atoms with Crippen molar-refractivity contribution in [3.05, 3.63) is 23.1 Å². The van der Waals surface area contributed by atoms with Gasteiger partial charge in [-0.25, -0.2) is 0 Å². The Balaban J connectivity index is 2.00. The van der Waals surface area contributed by atoms with Crippen molar-refractivity contribution in [3.8, 4) is 0 Å². The molecule has 0 radical (unpaired) electrons. The third kappa shape index (κ3) is 2.39. The first kappa shape index (κ1) is 15.5. The highest BCUT2D eigenvalue weighted by Gasteiger charge is 2.54. The molecule has 3 rings (SSSR count). The van der Waals surface area contributed by atoms with Crippen LogP contribution < -0.4 is 5.32 Å². The molecule has 0 aliphatic carbocycles. The number of carboxylic acid groups (broad SMARTS) is 1. The van der Waals surface area contributed by atoms with E-state index in [2.05, 4.69) is 5.32 Å². The first-order chi connectivity index (χ1) is 11.0. The van der Waals surface area contributed by atoms with Gasteiger partial charge < -0.3 is 25.2 Å². The molecule has 0 saturated carbocycles. The van der Waals surface area contributed by atoms with Gasteiger partial charge in [-0.05, 0) is 6.42 Å². The van der Waals surface area contributed by atoms with E-state index in [1.54, 1.807) is 6.08 Å². The van der Waals surface area contributed by atoms with E-state index in [4.69, 9.17) is 9.84 Å². The molecule has 124 valence electrons. The van der Waals surface area contributed by atoms with Crippen LogP contribution in [-0.4, -0.2) is 64.6 Å². The van der Waals surface area contributed by atoms with Gasteiger partial charge in [0.25, 0.3) is 5.91 Å². The summed E-state index contributed by atoms with van der Waals surface area (Å²) < 4.78 is 5.34. The molecule has 1 amide bonds. The summed E-state index contributed by atoms with van der Waals surface area (Å²) in [7, 11) is 0. The van der Waals surface area contributed by atoms with E-state index in [0.717, 1.165) is 0 Å². The van der Waals surface area contributed by atoms with Gasteiger partial charge in [-0.3, -0.25) is 14.4 Å². The molecule has 3 aliphatic rings. The van der Waals surface area contributed by atoms with E-state index in [0.29, 0.717) is 44.7 Å². The number of carboxylic acids is 1. The zero-order valence-corrected chi connectivity index (χ0v) is 12.5. The quantitative estimate of drug-likeness (QED) is 0.612. The summed E-state index contributed by atoms with van der Waals surface area (Å²) in [6.07, 6.45) is 3.35. The Labute approximate surface area is 132 Å². The monoisotopic (exact) mass is 322 g/mol. The second kappa shape index (κ2) is 5.69. The number of aliphatic hydroxyl groups is 1.